The Hall–Kier alpha value is -4.20. The van der Waals surface area contributed by atoms with E-state index in [9.17, 15) is 9.59 Å². The van der Waals surface area contributed by atoms with Gasteiger partial charge in [0, 0.05) is 22.3 Å². The Morgan fingerprint density at radius 1 is 0.774 bits per heavy atom. The molecule has 31 heavy (non-hydrogen) atoms. The minimum Gasteiger partial charge on any atom is -0.457 e. The second kappa shape index (κ2) is 11.7. The third-order valence-electron chi connectivity index (χ3n) is 3.62. The number of nitrogens with zero attached hydrogens (tertiary/aromatic N) is 2. The molecule has 0 unspecified atom stereocenters. The van der Waals surface area contributed by atoms with E-state index in [2.05, 4.69) is 23.5 Å². The van der Waals surface area contributed by atoms with Crippen LogP contribution < -0.4 is 9.47 Å². The molecule has 8 nitrogen and oxygen atoms in total. The van der Waals surface area contributed by atoms with Gasteiger partial charge in [-0.1, -0.05) is 47.7 Å². The molecule has 2 rings (SSSR count). The van der Waals surface area contributed by atoms with Crippen molar-refractivity contribution in [2.75, 3.05) is 6.79 Å². The van der Waals surface area contributed by atoms with Crippen molar-refractivity contribution in [1.82, 2.24) is 0 Å². The van der Waals surface area contributed by atoms with E-state index in [1.54, 1.807) is 48.5 Å². The molecule has 0 heterocycles. The lowest BCUT2D eigenvalue weighted by Gasteiger charge is -2.11. The smallest absolute Gasteiger partial charge is 0.360 e. The average Bonchev–Trinajstić information content (AvgIpc) is 2.75. The Labute approximate surface area is 180 Å². The molecule has 0 saturated heterocycles. The van der Waals surface area contributed by atoms with Gasteiger partial charge in [0.05, 0.1) is 12.4 Å². The largest absolute Gasteiger partial charge is 0.457 e. The van der Waals surface area contributed by atoms with Gasteiger partial charge in [0.1, 0.15) is 11.5 Å². The number of rotatable bonds is 10. The van der Waals surface area contributed by atoms with Gasteiger partial charge < -0.3 is 19.1 Å². The van der Waals surface area contributed by atoms with Crippen LogP contribution in [0.25, 0.3) is 0 Å². The maximum Gasteiger partial charge on any atom is 0.360 e. The Bertz CT molecular complexity index is 945. The normalized spacial score (nSPS) is 10.6. The highest BCUT2D eigenvalue weighted by molar-refractivity contribution is 5.89. The third-order valence-corrected chi connectivity index (χ3v) is 3.62. The summed E-state index contributed by atoms with van der Waals surface area (Å²) in [4.78, 5) is 32.2. The summed E-state index contributed by atoms with van der Waals surface area (Å²) in [7, 11) is 0. The van der Waals surface area contributed by atoms with Crippen LogP contribution in [-0.4, -0.2) is 31.2 Å². The molecule has 0 spiro atoms. The van der Waals surface area contributed by atoms with Gasteiger partial charge in [-0.05, 0) is 38.1 Å². The summed E-state index contributed by atoms with van der Waals surface area (Å²) >= 11 is 0. The van der Waals surface area contributed by atoms with Crippen LogP contribution in [0.3, 0.4) is 0 Å². The molecule has 0 aromatic heterocycles. The van der Waals surface area contributed by atoms with Gasteiger partial charge in [-0.25, -0.2) is 9.59 Å². The molecular formula is C23H22N2O6. The Balaban J connectivity index is 1.99. The Kier molecular flexibility index (Phi) is 8.72. The van der Waals surface area contributed by atoms with Gasteiger partial charge in [-0.3, -0.25) is 0 Å². The highest BCUT2D eigenvalue weighted by atomic mass is 16.7. The highest BCUT2D eigenvalue weighted by Gasteiger charge is 2.06. The summed E-state index contributed by atoms with van der Waals surface area (Å²) in [6, 6.07) is 14.0. The molecule has 0 saturated carbocycles. The zero-order chi connectivity index (χ0) is 22.6. The first-order chi connectivity index (χ1) is 14.9. The maximum absolute atomic E-state index is 11.4. The predicted octanol–water partition coefficient (Wildman–Crippen LogP) is 4.01. The highest BCUT2D eigenvalue weighted by Crippen LogP contribution is 2.19. The van der Waals surface area contributed by atoms with Gasteiger partial charge in [0.25, 0.3) is 0 Å². The topological polar surface area (TPSA) is 95.8 Å². The molecule has 8 heteroatoms. The quantitative estimate of drug-likeness (QED) is 0.189. The number of carbonyl (C=O) groups excluding carboxylic acids is 2. The predicted molar refractivity (Wildman–Crippen MR) is 116 cm³/mol. The van der Waals surface area contributed by atoms with Crippen LogP contribution in [0, 0.1) is 0 Å². The summed E-state index contributed by atoms with van der Waals surface area (Å²) in [5, 5.41) is 7.29. The summed E-state index contributed by atoms with van der Waals surface area (Å²) in [5.74, 6) is -0.298. The number of carbonyl (C=O) groups is 2. The second-order valence-electron chi connectivity index (χ2n) is 6.27. The number of ether oxygens (including phenoxy) is 2. The molecule has 0 fully saturated rings. The molecule has 160 valence electrons. The zero-order valence-corrected chi connectivity index (χ0v) is 17.2. The van der Waals surface area contributed by atoms with Crippen LogP contribution >= 0.6 is 0 Å². The molecule has 0 aliphatic rings. The summed E-state index contributed by atoms with van der Waals surface area (Å²) in [6.07, 6.45) is 2.71. The van der Waals surface area contributed by atoms with E-state index in [4.69, 9.17) is 19.1 Å². The Morgan fingerprint density at radius 3 is 1.55 bits per heavy atom. The maximum atomic E-state index is 11.4. The van der Waals surface area contributed by atoms with Crippen molar-refractivity contribution in [3.05, 3.63) is 84.0 Å². The lowest BCUT2D eigenvalue weighted by atomic mass is 10.2. The number of oxime groups is 2. The lowest BCUT2D eigenvalue weighted by Crippen LogP contribution is -2.08. The van der Waals surface area contributed by atoms with Crippen molar-refractivity contribution in [2.45, 2.75) is 13.8 Å². The summed E-state index contributed by atoms with van der Waals surface area (Å²) < 4.78 is 11.3. The van der Waals surface area contributed by atoms with E-state index < -0.39 is 11.9 Å². The molecule has 0 radical (unpaired) electrons. The SMILES string of the molecule is C=C(C)C(=O)O/N=C\c1ccccc1OCOc1ccccc1/C=N\OC(=O)C(=C)C. The summed E-state index contributed by atoms with van der Waals surface area (Å²) in [5.41, 5.74) is 1.66. The first-order valence-electron chi connectivity index (χ1n) is 9.12. The molecule has 0 amide bonds. The van der Waals surface area contributed by atoms with Crippen LogP contribution in [-0.2, 0) is 19.3 Å². The molecule has 0 aliphatic carbocycles. The van der Waals surface area contributed by atoms with E-state index in [1.165, 1.54) is 26.3 Å². The molecule has 0 bridgehead atoms. The first-order valence-corrected chi connectivity index (χ1v) is 9.12. The van der Waals surface area contributed by atoms with E-state index in [1.807, 2.05) is 0 Å². The minimum atomic E-state index is -0.620. The van der Waals surface area contributed by atoms with Crippen molar-refractivity contribution < 1.29 is 28.7 Å². The van der Waals surface area contributed by atoms with Crippen molar-refractivity contribution in [2.24, 2.45) is 10.3 Å². The van der Waals surface area contributed by atoms with E-state index in [-0.39, 0.29) is 17.9 Å². The van der Waals surface area contributed by atoms with Crippen LogP contribution in [0.5, 0.6) is 11.5 Å². The van der Waals surface area contributed by atoms with Crippen molar-refractivity contribution in [3.63, 3.8) is 0 Å². The molecular weight excluding hydrogens is 400 g/mol. The fourth-order valence-corrected chi connectivity index (χ4v) is 2.01. The lowest BCUT2D eigenvalue weighted by molar-refractivity contribution is -0.139. The summed E-state index contributed by atoms with van der Waals surface area (Å²) in [6.45, 7) is 9.90. The van der Waals surface area contributed by atoms with Crippen LogP contribution in [0.1, 0.15) is 25.0 Å². The van der Waals surface area contributed by atoms with Gasteiger partial charge in [-0.15, -0.1) is 0 Å². The van der Waals surface area contributed by atoms with E-state index in [0.717, 1.165) is 0 Å². The van der Waals surface area contributed by atoms with Crippen LogP contribution in [0.4, 0.5) is 0 Å². The van der Waals surface area contributed by atoms with E-state index in [0.29, 0.717) is 22.6 Å². The molecule has 2 aromatic rings. The number of hydrogen-bond acceptors (Lipinski definition) is 8. The van der Waals surface area contributed by atoms with Crippen molar-refractivity contribution >= 4 is 24.4 Å². The molecule has 2 aromatic carbocycles. The molecule has 0 atom stereocenters. The van der Waals surface area contributed by atoms with Gasteiger partial charge in [0.2, 0.25) is 6.79 Å². The number of hydrogen-bond donors (Lipinski definition) is 0. The number of para-hydroxylation sites is 2. The van der Waals surface area contributed by atoms with Gasteiger partial charge in [0.15, 0.2) is 0 Å². The fraction of sp³-hybridized carbons (Fsp3) is 0.130. The second-order valence-corrected chi connectivity index (χ2v) is 6.27. The third kappa shape index (κ3) is 7.62. The average molecular weight is 422 g/mol. The molecule has 0 N–H and O–H groups in total. The van der Waals surface area contributed by atoms with Gasteiger partial charge in [-0.2, -0.15) is 0 Å². The Morgan fingerprint density at radius 2 is 1.16 bits per heavy atom. The monoisotopic (exact) mass is 422 g/mol. The molecule has 0 aliphatic heterocycles. The van der Waals surface area contributed by atoms with Crippen molar-refractivity contribution in [3.8, 4) is 11.5 Å². The fourth-order valence-electron chi connectivity index (χ4n) is 2.01. The van der Waals surface area contributed by atoms with Gasteiger partial charge >= 0.3 is 11.9 Å². The van der Waals surface area contributed by atoms with Crippen molar-refractivity contribution in [1.29, 1.82) is 0 Å². The number of benzene rings is 2. The zero-order valence-electron chi connectivity index (χ0n) is 17.2. The van der Waals surface area contributed by atoms with Crippen LogP contribution in [0.2, 0.25) is 0 Å². The van der Waals surface area contributed by atoms with E-state index >= 15 is 0 Å². The minimum absolute atomic E-state index is 0.118. The standard InChI is InChI=1S/C23H22N2O6/c1-16(2)22(26)30-24-13-18-9-5-7-11-20(18)28-15-29-21-12-8-6-10-19(21)14-25-31-23(27)17(3)4/h5-14H,1,3,15H2,2,4H3/b24-13-,25-14-. The first kappa shape index (κ1) is 23.1. The van der Waals surface area contributed by atoms with Crippen LogP contribution in [0.15, 0.2) is 83.1 Å².